The molecule has 12 heteroatoms. The maximum absolute atomic E-state index is 15.3. The molecule has 3 aliphatic rings. The number of carbonyl (C=O) groups is 1. The van der Waals surface area contributed by atoms with Crippen molar-refractivity contribution in [3.8, 4) is 6.01 Å². The zero-order valence-electron chi connectivity index (χ0n) is 23.3. The first-order valence-electron chi connectivity index (χ1n) is 13.7. The Morgan fingerprint density at radius 1 is 1.24 bits per heavy atom. The lowest BCUT2D eigenvalue weighted by molar-refractivity contribution is 0.0232. The number of hydrogen-bond acceptors (Lipinski definition) is 8. The molecule has 0 spiro atoms. The highest BCUT2D eigenvalue weighted by Gasteiger charge is 2.49. The third kappa shape index (κ3) is 5.25. The van der Waals surface area contributed by atoms with Crippen LogP contribution in [0.4, 0.5) is 19.4 Å². The number of rotatable bonds is 4. The van der Waals surface area contributed by atoms with Gasteiger partial charge in [0.1, 0.15) is 23.8 Å². The van der Waals surface area contributed by atoms with E-state index in [0.29, 0.717) is 45.3 Å². The molecule has 1 amide bonds. The Bertz CT molecular complexity index is 1270. The maximum atomic E-state index is 15.3. The first kappa shape index (κ1) is 23.6. The van der Waals surface area contributed by atoms with Crippen LogP contribution in [0.2, 0.25) is 5.15 Å². The Labute approximate surface area is 222 Å². The average Bonchev–Trinajstić information content (AvgIpc) is 3.27. The number of anilines is 1. The molecule has 0 aliphatic carbocycles. The number of ether oxygens (including phenoxy) is 2. The summed E-state index contributed by atoms with van der Waals surface area (Å²) in [5.74, 6) is -0.815. The molecule has 0 aromatic carbocycles. The van der Waals surface area contributed by atoms with Gasteiger partial charge in [-0.3, -0.25) is 9.91 Å². The van der Waals surface area contributed by atoms with Gasteiger partial charge in [-0.05, 0) is 59.4 Å². The molecule has 9 nitrogen and oxygen atoms in total. The zero-order valence-corrected chi connectivity index (χ0v) is 22.0. The number of carbonyl (C=O) groups excluding carboxylic acids is 1. The highest BCUT2D eigenvalue weighted by atomic mass is 35.5. The van der Waals surface area contributed by atoms with E-state index < -0.39 is 46.9 Å². The highest BCUT2D eigenvalue weighted by molar-refractivity contribution is 6.30. The Balaban J connectivity index is 1.60. The molecule has 2 aromatic heterocycles. The quantitative estimate of drug-likeness (QED) is 0.506. The summed E-state index contributed by atoms with van der Waals surface area (Å²) in [7, 11) is 0. The third-order valence-electron chi connectivity index (χ3n) is 6.91. The predicted octanol–water partition coefficient (Wildman–Crippen LogP) is 4.91. The van der Waals surface area contributed by atoms with E-state index in [0.717, 1.165) is 6.42 Å². The normalized spacial score (nSPS) is 26.1. The van der Waals surface area contributed by atoms with Gasteiger partial charge in [0.25, 0.3) is 0 Å². The van der Waals surface area contributed by atoms with Gasteiger partial charge in [-0.2, -0.15) is 9.97 Å². The van der Waals surface area contributed by atoms with Gasteiger partial charge in [-0.25, -0.2) is 23.6 Å². The lowest BCUT2D eigenvalue weighted by atomic mass is 9.95. The molecule has 5 heterocycles. The molecule has 0 radical (unpaired) electrons. The average molecular weight is 541 g/mol. The second-order valence-electron chi connectivity index (χ2n) is 10.8. The Hall–Kier alpha value is -2.53. The summed E-state index contributed by atoms with van der Waals surface area (Å²) in [6.45, 7) is 4.27. The van der Waals surface area contributed by atoms with Gasteiger partial charge in [-0.15, -0.1) is 0 Å². The van der Waals surface area contributed by atoms with Crippen LogP contribution in [0.25, 0.3) is 10.9 Å². The Morgan fingerprint density at radius 3 is 2.81 bits per heavy atom. The summed E-state index contributed by atoms with van der Waals surface area (Å²) >= 11 is 5.97. The van der Waals surface area contributed by atoms with Crippen molar-refractivity contribution >= 4 is 34.4 Å². The number of hydrazine groups is 1. The monoisotopic (exact) mass is 540 g/mol. The topological polar surface area (TPSA) is 83.9 Å². The summed E-state index contributed by atoms with van der Waals surface area (Å²) in [4.78, 5) is 27.6. The highest BCUT2D eigenvalue weighted by Crippen LogP contribution is 2.40. The lowest BCUT2D eigenvalue weighted by Gasteiger charge is -2.36. The summed E-state index contributed by atoms with van der Waals surface area (Å²) < 4.78 is 58.8. The van der Waals surface area contributed by atoms with E-state index in [1.165, 1.54) is 11.2 Å². The van der Waals surface area contributed by atoms with Crippen LogP contribution in [-0.2, 0) is 4.74 Å². The van der Waals surface area contributed by atoms with Crippen molar-refractivity contribution in [3.63, 3.8) is 0 Å². The van der Waals surface area contributed by atoms with Crippen molar-refractivity contribution in [2.24, 2.45) is 0 Å². The van der Waals surface area contributed by atoms with E-state index in [4.69, 9.17) is 23.8 Å². The zero-order chi connectivity index (χ0) is 28.2. The third-order valence-corrected chi connectivity index (χ3v) is 7.18. The molecule has 5 rings (SSSR count). The maximum Gasteiger partial charge on any atom is 0.429 e. The summed E-state index contributed by atoms with van der Waals surface area (Å²) in [5, 5.41) is 2.74. The number of hydrogen-bond donors (Lipinski definition) is 0. The fourth-order valence-corrected chi connectivity index (χ4v) is 5.45. The van der Waals surface area contributed by atoms with Gasteiger partial charge in [0.15, 0.2) is 16.8 Å². The molecule has 37 heavy (non-hydrogen) atoms. The molecular formula is C25H33ClF2N6O3. The number of nitrogens with zero attached hydrogens (tertiary/aromatic N) is 6. The van der Waals surface area contributed by atoms with E-state index in [9.17, 15) is 9.18 Å². The number of amides is 1. The second-order valence-corrected chi connectivity index (χ2v) is 11.2. The second kappa shape index (κ2) is 9.98. The molecule has 3 saturated heterocycles. The molecule has 3 aliphatic heterocycles. The largest absolute Gasteiger partial charge is 0.461 e. The molecule has 0 saturated carbocycles. The Morgan fingerprint density at radius 2 is 2.03 bits per heavy atom. The van der Waals surface area contributed by atoms with Crippen molar-refractivity contribution in [1.82, 2.24) is 24.9 Å². The lowest BCUT2D eigenvalue weighted by Crippen LogP contribution is -2.49. The Kier molecular flexibility index (Phi) is 6.36. The number of alkyl halides is 1. The molecule has 3 fully saturated rings. The van der Waals surface area contributed by atoms with Crippen LogP contribution in [0.3, 0.4) is 0 Å². The minimum Gasteiger partial charge on any atom is -0.461 e. The van der Waals surface area contributed by atoms with Gasteiger partial charge in [-0.1, -0.05) is 11.6 Å². The minimum atomic E-state index is -2.38. The minimum absolute atomic E-state index is 0.0247. The molecule has 0 N–H and O–H groups in total. The van der Waals surface area contributed by atoms with Crippen molar-refractivity contribution < 1.29 is 25.8 Å². The standard InChI is InChI=1S/C25H33ClF2N6O3/c1-24(2,3)37-23(35)34-11-6-4-5-10-33(34)21-17-13-29-20(26)18(28)19(17)30-22(31-21)36-15-25-8-7-9-32(25)14-16(27)12-25/h13,16H,4-12,14-15H2,1-3H3/t16-,25+/m1/s1/i15D2. The van der Waals surface area contributed by atoms with Crippen molar-refractivity contribution in [2.75, 3.05) is 37.7 Å². The van der Waals surface area contributed by atoms with Gasteiger partial charge in [0, 0.05) is 32.3 Å². The van der Waals surface area contributed by atoms with E-state index >= 15 is 4.39 Å². The van der Waals surface area contributed by atoms with Crippen LogP contribution in [0, 0.1) is 5.82 Å². The summed E-state index contributed by atoms with van der Waals surface area (Å²) in [5.41, 5.74) is -2.17. The van der Waals surface area contributed by atoms with Gasteiger partial charge in [0.2, 0.25) is 0 Å². The summed E-state index contributed by atoms with van der Waals surface area (Å²) in [6, 6.07) is -0.444. The molecule has 2 aromatic rings. The molecular weight excluding hydrogens is 506 g/mol. The van der Waals surface area contributed by atoms with Crippen LogP contribution in [0.1, 0.15) is 62.0 Å². The van der Waals surface area contributed by atoms with E-state index in [1.54, 1.807) is 30.7 Å². The molecule has 202 valence electrons. The molecule has 2 atom stereocenters. The van der Waals surface area contributed by atoms with E-state index in [1.807, 2.05) is 0 Å². The van der Waals surface area contributed by atoms with Crippen LogP contribution in [0.15, 0.2) is 6.20 Å². The van der Waals surface area contributed by atoms with Gasteiger partial charge >= 0.3 is 12.1 Å². The molecule has 0 bridgehead atoms. The number of halogens is 3. The van der Waals surface area contributed by atoms with Crippen LogP contribution >= 0.6 is 11.6 Å². The van der Waals surface area contributed by atoms with Crippen LogP contribution in [0.5, 0.6) is 6.01 Å². The van der Waals surface area contributed by atoms with E-state index in [2.05, 4.69) is 15.0 Å². The smallest absolute Gasteiger partial charge is 0.429 e. The number of pyridine rings is 1. The predicted molar refractivity (Wildman–Crippen MR) is 135 cm³/mol. The van der Waals surface area contributed by atoms with Crippen molar-refractivity contribution in [3.05, 3.63) is 17.2 Å². The van der Waals surface area contributed by atoms with Gasteiger partial charge in [0.05, 0.1) is 13.7 Å². The van der Waals surface area contributed by atoms with Crippen LogP contribution < -0.4 is 9.75 Å². The first-order valence-corrected chi connectivity index (χ1v) is 13.1. The van der Waals surface area contributed by atoms with E-state index in [-0.39, 0.29) is 29.7 Å². The van der Waals surface area contributed by atoms with Gasteiger partial charge < -0.3 is 9.47 Å². The first-order chi connectivity index (χ1) is 18.3. The number of aromatic nitrogens is 3. The SMILES string of the molecule is [2H]C([2H])(Oc1nc(N2CCCCCN2C(=O)OC(C)(C)C)c2cnc(Cl)c(F)c2n1)[C@@]12CCCN1C[C@H](F)C2. The number of fused-ring (bicyclic) bond motifs is 2. The fraction of sp³-hybridized carbons (Fsp3) is 0.680. The van der Waals surface area contributed by atoms with Crippen molar-refractivity contribution in [2.45, 2.75) is 76.6 Å². The molecule has 0 unspecified atom stereocenters. The van der Waals surface area contributed by atoms with Crippen LogP contribution in [-0.4, -0.2) is 81.0 Å². The van der Waals surface area contributed by atoms with Crippen molar-refractivity contribution in [1.29, 1.82) is 0 Å². The fourth-order valence-electron chi connectivity index (χ4n) is 5.31. The summed E-state index contributed by atoms with van der Waals surface area (Å²) in [6.07, 6.45) is 2.88.